The summed E-state index contributed by atoms with van der Waals surface area (Å²) >= 11 is 0. The van der Waals surface area contributed by atoms with E-state index in [1.807, 2.05) is 0 Å². The molecule has 0 saturated carbocycles. The molecule has 1 heterocycles. The van der Waals surface area contributed by atoms with Gasteiger partial charge in [-0.1, -0.05) is 24.3 Å². The van der Waals surface area contributed by atoms with Crippen molar-refractivity contribution in [1.82, 2.24) is 10.2 Å². The van der Waals surface area contributed by atoms with Crippen LogP contribution in [0.1, 0.15) is 18.1 Å². The number of benzene rings is 2. The molecular formula is C17H14N4O6. The molecule has 1 saturated heterocycles. The Morgan fingerprint density at radius 3 is 2.22 bits per heavy atom. The number of nitrogens with one attached hydrogen (secondary N) is 1. The summed E-state index contributed by atoms with van der Waals surface area (Å²) in [6.45, 7) is 1.30. The van der Waals surface area contributed by atoms with Gasteiger partial charge in [-0.15, -0.1) is 0 Å². The van der Waals surface area contributed by atoms with Crippen molar-refractivity contribution in [3.63, 3.8) is 0 Å². The molecule has 10 nitrogen and oxygen atoms in total. The molecule has 0 aromatic heterocycles. The largest absolute Gasteiger partial charge is 0.325 e. The third-order valence-electron chi connectivity index (χ3n) is 4.37. The van der Waals surface area contributed by atoms with Crippen molar-refractivity contribution in [3.05, 3.63) is 79.9 Å². The molecule has 3 rings (SSSR count). The average molecular weight is 370 g/mol. The van der Waals surface area contributed by atoms with E-state index in [0.717, 1.165) is 4.90 Å². The van der Waals surface area contributed by atoms with Crippen molar-refractivity contribution < 1.29 is 19.4 Å². The van der Waals surface area contributed by atoms with E-state index in [1.165, 1.54) is 49.4 Å². The number of amides is 3. The van der Waals surface area contributed by atoms with E-state index in [4.69, 9.17) is 0 Å². The van der Waals surface area contributed by atoms with Crippen molar-refractivity contribution in [2.24, 2.45) is 0 Å². The van der Waals surface area contributed by atoms with Gasteiger partial charge in [0.25, 0.3) is 17.3 Å². The number of nitrogens with zero attached hydrogens (tertiary/aromatic N) is 3. The van der Waals surface area contributed by atoms with Gasteiger partial charge in [-0.25, -0.2) is 4.79 Å². The third kappa shape index (κ3) is 3.19. The van der Waals surface area contributed by atoms with E-state index < -0.39 is 27.3 Å². The molecule has 10 heteroatoms. The second-order valence-corrected chi connectivity index (χ2v) is 6.18. The minimum Gasteiger partial charge on any atom is -0.319 e. The van der Waals surface area contributed by atoms with Gasteiger partial charge in [-0.05, 0) is 18.1 Å². The van der Waals surface area contributed by atoms with Crippen LogP contribution in [0.2, 0.25) is 0 Å². The molecule has 0 radical (unpaired) electrons. The van der Waals surface area contributed by atoms with Gasteiger partial charge >= 0.3 is 6.03 Å². The molecule has 0 aliphatic carbocycles. The predicted molar refractivity (Wildman–Crippen MR) is 92.6 cm³/mol. The van der Waals surface area contributed by atoms with Crippen molar-refractivity contribution in [2.45, 2.75) is 19.0 Å². The van der Waals surface area contributed by atoms with Crippen LogP contribution >= 0.6 is 0 Å². The maximum Gasteiger partial charge on any atom is 0.325 e. The second-order valence-electron chi connectivity index (χ2n) is 6.18. The third-order valence-corrected chi connectivity index (χ3v) is 4.37. The molecule has 0 spiro atoms. The topological polar surface area (TPSA) is 136 Å². The summed E-state index contributed by atoms with van der Waals surface area (Å²) in [5.41, 5.74) is -1.13. The summed E-state index contributed by atoms with van der Waals surface area (Å²) in [5.74, 6) is -0.598. The number of carbonyl (C=O) groups excluding carboxylic acids is 2. The normalized spacial score (nSPS) is 19.1. The number of nitro groups is 2. The second kappa shape index (κ2) is 6.48. The first-order valence-corrected chi connectivity index (χ1v) is 7.85. The van der Waals surface area contributed by atoms with Crippen LogP contribution in [0.5, 0.6) is 0 Å². The maximum absolute atomic E-state index is 12.9. The average Bonchev–Trinajstić information content (AvgIpc) is 2.86. The summed E-state index contributed by atoms with van der Waals surface area (Å²) in [6, 6.07) is 10.4. The van der Waals surface area contributed by atoms with Crippen LogP contribution < -0.4 is 5.32 Å². The molecule has 1 fully saturated rings. The Kier molecular flexibility index (Phi) is 4.32. The highest BCUT2D eigenvalue weighted by molar-refractivity contribution is 6.07. The van der Waals surface area contributed by atoms with Gasteiger partial charge in [0, 0.05) is 24.3 Å². The Morgan fingerprint density at radius 2 is 1.59 bits per heavy atom. The summed E-state index contributed by atoms with van der Waals surface area (Å²) in [7, 11) is 0. The monoisotopic (exact) mass is 370 g/mol. The molecule has 27 heavy (non-hydrogen) atoms. The van der Waals surface area contributed by atoms with Crippen LogP contribution in [0, 0.1) is 20.2 Å². The number of hydrogen-bond donors (Lipinski definition) is 1. The van der Waals surface area contributed by atoms with Crippen molar-refractivity contribution in [3.8, 4) is 0 Å². The van der Waals surface area contributed by atoms with Gasteiger partial charge in [0.1, 0.15) is 5.54 Å². The zero-order valence-electron chi connectivity index (χ0n) is 14.1. The van der Waals surface area contributed by atoms with Crippen molar-refractivity contribution >= 4 is 23.3 Å². The fourth-order valence-electron chi connectivity index (χ4n) is 2.92. The van der Waals surface area contributed by atoms with Crippen LogP contribution in [0.4, 0.5) is 16.2 Å². The minimum atomic E-state index is -1.47. The van der Waals surface area contributed by atoms with E-state index in [9.17, 15) is 29.8 Å². The van der Waals surface area contributed by atoms with Gasteiger partial charge in [0.05, 0.1) is 16.4 Å². The summed E-state index contributed by atoms with van der Waals surface area (Å²) in [4.78, 5) is 46.9. The Balaban J connectivity index is 1.91. The first-order chi connectivity index (χ1) is 12.7. The van der Waals surface area contributed by atoms with Gasteiger partial charge in [-0.2, -0.15) is 0 Å². The van der Waals surface area contributed by atoms with Crippen LogP contribution in [-0.2, 0) is 16.9 Å². The van der Waals surface area contributed by atoms with Gasteiger partial charge < -0.3 is 5.32 Å². The summed E-state index contributed by atoms with van der Waals surface area (Å²) in [5, 5.41) is 24.4. The number of nitro benzene ring substituents is 2. The van der Waals surface area contributed by atoms with E-state index in [1.54, 1.807) is 6.07 Å². The van der Waals surface area contributed by atoms with Gasteiger partial charge in [0.2, 0.25) is 0 Å². The van der Waals surface area contributed by atoms with Crippen LogP contribution in [0.25, 0.3) is 0 Å². The number of rotatable bonds is 5. The fourth-order valence-corrected chi connectivity index (χ4v) is 2.92. The molecule has 3 amide bonds. The first-order valence-electron chi connectivity index (χ1n) is 7.85. The lowest BCUT2D eigenvalue weighted by molar-refractivity contribution is -0.385. The molecule has 2 aromatic carbocycles. The van der Waals surface area contributed by atoms with Crippen LogP contribution in [0.15, 0.2) is 48.5 Å². The lowest BCUT2D eigenvalue weighted by Crippen LogP contribution is -2.40. The number of hydrogen-bond acceptors (Lipinski definition) is 6. The number of carbonyl (C=O) groups is 2. The molecule has 1 N–H and O–H groups in total. The van der Waals surface area contributed by atoms with E-state index in [0.29, 0.717) is 5.56 Å². The number of urea groups is 1. The van der Waals surface area contributed by atoms with Crippen molar-refractivity contribution in [1.29, 1.82) is 0 Å². The molecule has 1 aliphatic rings. The Bertz CT molecular complexity index is 975. The Labute approximate surface area is 152 Å². The zero-order chi connectivity index (χ0) is 19.8. The van der Waals surface area contributed by atoms with Crippen LogP contribution in [0.3, 0.4) is 0 Å². The van der Waals surface area contributed by atoms with Gasteiger partial charge in [-0.3, -0.25) is 29.9 Å². The lowest BCUT2D eigenvalue weighted by atomic mass is 9.91. The minimum absolute atomic E-state index is 0.152. The molecule has 138 valence electrons. The maximum atomic E-state index is 12.9. The fraction of sp³-hybridized carbons (Fsp3) is 0.176. The Hall–Kier alpha value is -3.82. The quantitative estimate of drug-likeness (QED) is 0.488. The molecule has 1 aliphatic heterocycles. The highest BCUT2D eigenvalue weighted by Crippen LogP contribution is 2.31. The molecular weight excluding hydrogens is 356 g/mol. The first kappa shape index (κ1) is 18.0. The number of imide groups is 1. The highest BCUT2D eigenvalue weighted by atomic mass is 16.6. The highest BCUT2D eigenvalue weighted by Gasteiger charge is 2.49. The molecule has 1 unspecified atom stereocenters. The van der Waals surface area contributed by atoms with Crippen molar-refractivity contribution in [2.75, 3.05) is 0 Å². The smallest absolute Gasteiger partial charge is 0.319 e. The van der Waals surface area contributed by atoms with Crippen LogP contribution in [-0.4, -0.2) is 26.7 Å². The summed E-state index contributed by atoms with van der Waals surface area (Å²) < 4.78 is 0. The number of non-ortho nitro benzene ring substituents is 2. The predicted octanol–water partition coefficient (Wildman–Crippen LogP) is 2.47. The molecule has 2 aromatic rings. The van der Waals surface area contributed by atoms with E-state index in [2.05, 4.69) is 5.32 Å². The molecule has 1 atom stereocenters. The molecule has 0 bridgehead atoms. The lowest BCUT2D eigenvalue weighted by Gasteiger charge is -2.22. The SMILES string of the molecule is CC1(c2cccc([N+](=O)[O-])c2)NC(=O)N(Cc2cccc([N+](=O)[O-])c2)C1=O. The summed E-state index contributed by atoms with van der Waals surface area (Å²) in [6.07, 6.45) is 0. The zero-order valence-corrected chi connectivity index (χ0v) is 14.1. The standard InChI is InChI=1S/C17H14N4O6/c1-17(12-5-3-7-14(9-12)21(26)27)15(22)19(16(23)18-17)10-11-4-2-6-13(8-11)20(24)25/h2-9H,10H2,1H3,(H,18,23). The van der Waals surface area contributed by atoms with E-state index in [-0.39, 0.29) is 23.5 Å². The Morgan fingerprint density at radius 1 is 1.00 bits per heavy atom. The van der Waals surface area contributed by atoms with Gasteiger partial charge in [0.15, 0.2) is 0 Å². The van der Waals surface area contributed by atoms with E-state index >= 15 is 0 Å².